The number of benzene rings is 1. The standard InChI is InChI=1S/C21H28N6O.HI/c1-14-17-10-6-7-11-18(17)28-19(14)12-22-21(24-16-8-4-5-9-16)23-13-20-26-25-15(2)27(20)3;/h6-7,10-11,16H,4-5,8-9,12-13H2,1-3H3,(H2,22,23,24);1H. The average molecular weight is 508 g/mol. The average Bonchev–Trinajstić information content (AvgIpc) is 3.40. The molecular weight excluding hydrogens is 479 g/mol. The molecule has 3 aromatic rings. The van der Waals surface area contributed by atoms with Gasteiger partial charge in [0, 0.05) is 24.0 Å². The van der Waals surface area contributed by atoms with Crippen molar-refractivity contribution in [1.29, 1.82) is 0 Å². The molecule has 0 radical (unpaired) electrons. The molecule has 8 heteroatoms. The number of nitrogens with zero attached hydrogens (tertiary/aromatic N) is 4. The van der Waals surface area contributed by atoms with Gasteiger partial charge in [-0.2, -0.15) is 0 Å². The van der Waals surface area contributed by atoms with Crippen LogP contribution in [0.5, 0.6) is 0 Å². The fourth-order valence-electron chi connectivity index (χ4n) is 3.71. The maximum Gasteiger partial charge on any atom is 0.192 e. The highest BCUT2D eigenvalue weighted by Crippen LogP contribution is 2.24. The number of furan rings is 1. The molecule has 29 heavy (non-hydrogen) atoms. The summed E-state index contributed by atoms with van der Waals surface area (Å²) in [7, 11) is 1.97. The van der Waals surface area contributed by atoms with Gasteiger partial charge in [0.05, 0.1) is 6.54 Å². The predicted octanol–water partition coefficient (Wildman–Crippen LogP) is 3.97. The number of para-hydroxylation sites is 1. The number of nitrogens with one attached hydrogen (secondary N) is 2. The Hall–Kier alpha value is -2.10. The molecule has 2 N–H and O–H groups in total. The Morgan fingerprint density at radius 1 is 1.21 bits per heavy atom. The second-order valence-corrected chi connectivity index (χ2v) is 7.51. The van der Waals surface area contributed by atoms with Gasteiger partial charge >= 0.3 is 0 Å². The highest BCUT2D eigenvalue weighted by Gasteiger charge is 2.17. The Bertz CT molecular complexity index is 986. The summed E-state index contributed by atoms with van der Waals surface area (Å²) in [6, 6.07) is 8.62. The molecule has 2 heterocycles. The van der Waals surface area contributed by atoms with Gasteiger partial charge in [-0.15, -0.1) is 34.2 Å². The van der Waals surface area contributed by atoms with Crippen LogP contribution >= 0.6 is 24.0 Å². The summed E-state index contributed by atoms with van der Waals surface area (Å²) >= 11 is 0. The van der Waals surface area contributed by atoms with Crippen molar-refractivity contribution in [1.82, 2.24) is 25.4 Å². The Kier molecular flexibility index (Phi) is 7.15. The lowest BCUT2D eigenvalue weighted by atomic mass is 10.1. The van der Waals surface area contributed by atoms with Gasteiger partial charge in [0.1, 0.15) is 23.7 Å². The monoisotopic (exact) mass is 508 g/mol. The number of hydrogen-bond acceptors (Lipinski definition) is 4. The maximum absolute atomic E-state index is 6.03. The number of aliphatic imine (C=N–C) groups is 1. The normalized spacial score (nSPS) is 14.9. The van der Waals surface area contributed by atoms with E-state index in [1.165, 1.54) is 31.2 Å². The first-order chi connectivity index (χ1) is 13.6. The van der Waals surface area contributed by atoms with Crippen LogP contribution in [0.2, 0.25) is 0 Å². The van der Waals surface area contributed by atoms with Crippen LogP contribution in [-0.2, 0) is 20.1 Å². The third-order valence-electron chi connectivity index (χ3n) is 5.62. The van der Waals surface area contributed by atoms with Crippen molar-refractivity contribution in [3.8, 4) is 0 Å². The van der Waals surface area contributed by atoms with Crippen LogP contribution in [-0.4, -0.2) is 26.8 Å². The number of rotatable bonds is 5. The zero-order chi connectivity index (χ0) is 19.5. The highest BCUT2D eigenvalue weighted by molar-refractivity contribution is 14.0. The number of fused-ring (bicyclic) bond motifs is 1. The molecule has 0 atom stereocenters. The Morgan fingerprint density at radius 2 is 1.97 bits per heavy atom. The van der Waals surface area contributed by atoms with Crippen molar-refractivity contribution >= 4 is 40.9 Å². The zero-order valence-corrected chi connectivity index (χ0v) is 19.6. The number of guanidine groups is 1. The summed E-state index contributed by atoms with van der Waals surface area (Å²) in [6.45, 7) is 5.13. The molecule has 2 aromatic heterocycles. The van der Waals surface area contributed by atoms with E-state index in [-0.39, 0.29) is 24.0 Å². The first-order valence-electron chi connectivity index (χ1n) is 9.98. The van der Waals surface area contributed by atoms with E-state index in [1.54, 1.807) is 0 Å². The molecule has 1 fully saturated rings. The molecule has 156 valence electrons. The molecule has 0 amide bonds. The van der Waals surface area contributed by atoms with Crippen LogP contribution in [0.3, 0.4) is 0 Å². The van der Waals surface area contributed by atoms with Crippen LogP contribution in [0.1, 0.15) is 48.7 Å². The quantitative estimate of drug-likeness (QED) is 0.310. The molecule has 0 unspecified atom stereocenters. The number of aryl methyl sites for hydroxylation is 2. The molecule has 0 spiro atoms. The van der Waals surface area contributed by atoms with Crippen molar-refractivity contribution < 1.29 is 4.42 Å². The molecule has 0 bridgehead atoms. The van der Waals surface area contributed by atoms with E-state index in [0.29, 0.717) is 19.1 Å². The topological polar surface area (TPSA) is 80.3 Å². The minimum atomic E-state index is 0. The first kappa shape index (κ1) is 21.6. The van der Waals surface area contributed by atoms with Crippen molar-refractivity contribution in [2.45, 2.75) is 58.7 Å². The second-order valence-electron chi connectivity index (χ2n) is 7.51. The molecule has 7 nitrogen and oxygen atoms in total. The van der Waals surface area contributed by atoms with Crippen molar-refractivity contribution in [2.24, 2.45) is 12.0 Å². The predicted molar refractivity (Wildman–Crippen MR) is 125 cm³/mol. The van der Waals surface area contributed by atoms with E-state index in [2.05, 4.69) is 33.8 Å². The fraction of sp³-hybridized carbons (Fsp3) is 0.476. The summed E-state index contributed by atoms with van der Waals surface area (Å²) in [5.41, 5.74) is 2.10. The molecule has 4 rings (SSSR count). The smallest absolute Gasteiger partial charge is 0.192 e. The van der Waals surface area contributed by atoms with Crippen molar-refractivity contribution in [3.63, 3.8) is 0 Å². The van der Waals surface area contributed by atoms with Gasteiger partial charge in [-0.3, -0.25) is 0 Å². The van der Waals surface area contributed by atoms with Crippen LogP contribution in [0, 0.1) is 13.8 Å². The Balaban J connectivity index is 0.00000240. The second kappa shape index (κ2) is 9.60. The number of halogens is 1. The van der Waals surface area contributed by atoms with E-state index >= 15 is 0 Å². The van der Waals surface area contributed by atoms with Gasteiger partial charge < -0.3 is 19.6 Å². The number of hydrogen-bond donors (Lipinski definition) is 2. The van der Waals surface area contributed by atoms with E-state index in [0.717, 1.165) is 34.3 Å². The summed E-state index contributed by atoms with van der Waals surface area (Å²) in [4.78, 5) is 4.76. The molecule has 1 aliphatic rings. The fourth-order valence-corrected chi connectivity index (χ4v) is 3.71. The van der Waals surface area contributed by atoms with Crippen molar-refractivity contribution in [3.05, 3.63) is 47.2 Å². The highest BCUT2D eigenvalue weighted by atomic mass is 127. The van der Waals surface area contributed by atoms with Crippen LogP contribution in [0.25, 0.3) is 11.0 Å². The van der Waals surface area contributed by atoms with Crippen LogP contribution < -0.4 is 10.6 Å². The maximum atomic E-state index is 6.03. The third kappa shape index (κ3) is 4.91. The lowest BCUT2D eigenvalue weighted by Gasteiger charge is -2.17. The largest absolute Gasteiger partial charge is 0.459 e. The Labute approximate surface area is 188 Å². The van der Waals surface area contributed by atoms with Gasteiger partial charge in [-0.25, -0.2) is 4.99 Å². The SMILES string of the molecule is Cc1c(CNC(=NCc2nnc(C)n2C)NC2CCCC2)oc2ccccc12.I. The van der Waals surface area contributed by atoms with Gasteiger partial charge in [-0.05, 0) is 32.8 Å². The summed E-state index contributed by atoms with van der Waals surface area (Å²) in [5.74, 6) is 3.48. The van der Waals surface area contributed by atoms with E-state index in [9.17, 15) is 0 Å². The molecule has 0 saturated heterocycles. The molecule has 0 aliphatic heterocycles. The Morgan fingerprint density at radius 3 is 2.66 bits per heavy atom. The summed E-state index contributed by atoms with van der Waals surface area (Å²) in [6.07, 6.45) is 4.92. The van der Waals surface area contributed by atoms with Crippen LogP contribution in [0.15, 0.2) is 33.7 Å². The van der Waals surface area contributed by atoms with Gasteiger partial charge in [0.25, 0.3) is 0 Å². The summed E-state index contributed by atoms with van der Waals surface area (Å²) < 4.78 is 8.01. The molecule has 1 aliphatic carbocycles. The van der Waals surface area contributed by atoms with Gasteiger partial charge in [0.2, 0.25) is 0 Å². The van der Waals surface area contributed by atoms with E-state index in [4.69, 9.17) is 9.41 Å². The lowest BCUT2D eigenvalue weighted by molar-refractivity contribution is 0.529. The zero-order valence-electron chi connectivity index (χ0n) is 17.2. The molecule has 1 saturated carbocycles. The van der Waals surface area contributed by atoms with Crippen molar-refractivity contribution in [2.75, 3.05) is 0 Å². The summed E-state index contributed by atoms with van der Waals surface area (Å²) in [5, 5.41) is 16.5. The minimum Gasteiger partial charge on any atom is -0.459 e. The molecule has 1 aromatic carbocycles. The van der Waals surface area contributed by atoms with Crippen LogP contribution in [0.4, 0.5) is 0 Å². The van der Waals surface area contributed by atoms with E-state index in [1.807, 2.05) is 36.7 Å². The lowest BCUT2D eigenvalue weighted by Crippen LogP contribution is -2.42. The third-order valence-corrected chi connectivity index (χ3v) is 5.62. The van der Waals surface area contributed by atoms with Gasteiger partial charge in [0.15, 0.2) is 11.8 Å². The van der Waals surface area contributed by atoms with E-state index < -0.39 is 0 Å². The molecular formula is C21H29IN6O. The minimum absolute atomic E-state index is 0. The number of aromatic nitrogens is 3. The first-order valence-corrected chi connectivity index (χ1v) is 9.98. The van der Waals surface area contributed by atoms with Gasteiger partial charge in [-0.1, -0.05) is 31.0 Å².